The molecule has 0 amide bonds. The summed E-state index contributed by atoms with van der Waals surface area (Å²) in [5.41, 5.74) is 0.311. The van der Waals surface area contributed by atoms with Crippen LogP contribution in [0, 0.1) is 5.92 Å². The van der Waals surface area contributed by atoms with E-state index < -0.39 is 5.60 Å². The van der Waals surface area contributed by atoms with Crippen LogP contribution in [-0.2, 0) is 0 Å². The lowest BCUT2D eigenvalue weighted by Gasteiger charge is -2.33. The first-order chi connectivity index (χ1) is 9.27. The number of aliphatic hydroxyl groups excluding tert-OH is 1. The van der Waals surface area contributed by atoms with Crippen LogP contribution in [0.3, 0.4) is 0 Å². The minimum Gasteiger partial charge on any atom is -0.396 e. The first kappa shape index (κ1) is 14.3. The second kappa shape index (κ2) is 6.88. The van der Waals surface area contributed by atoms with Gasteiger partial charge in [0.25, 0.3) is 0 Å². The van der Waals surface area contributed by atoms with E-state index in [1.54, 1.807) is 0 Å². The van der Waals surface area contributed by atoms with Gasteiger partial charge in [-0.3, -0.25) is 0 Å². The molecule has 104 valence electrons. The van der Waals surface area contributed by atoms with Crippen molar-refractivity contribution < 1.29 is 10.2 Å². The van der Waals surface area contributed by atoms with Gasteiger partial charge in [-0.2, -0.15) is 0 Å². The minimum absolute atomic E-state index is 0.0966. The van der Waals surface area contributed by atoms with Gasteiger partial charge < -0.3 is 10.2 Å². The van der Waals surface area contributed by atoms with Gasteiger partial charge in [0.2, 0.25) is 0 Å². The lowest BCUT2D eigenvalue weighted by atomic mass is 9.78. The molecule has 2 rings (SSSR count). The van der Waals surface area contributed by atoms with Crippen LogP contribution in [-0.4, -0.2) is 22.4 Å². The van der Waals surface area contributed by atoms with Gasteiger partial charge in [0, 0.05) is 12.5 Å². The topological polar surface area (TPSA) is 40.5 Å². The van der Waals surface area contributed by atoms with Crippen molar-refractivity contribution in [3.63, 3.8) is 0 Å². The Balaban J connectivity index is 1.96. The van der Waals surface area contributed by atoms with E-state index in [-0.39, 0.29) is 12.5 Å². The van der Waals surface area contributed by atoms with E-state index in [0.717, 1.165) is 44.1 Å². The van der Waals surface area contributed by atoms with Crippen molar-refractivity contribution in [2.45, 2.75) is 44.1 Å². The number of rotatable bonds is 8. The molecule has 2 heteroatoms. The van der Waals surface area contributed by atoms with Crippen molar-refractivity contribution >= 4 is 0 Å². The number of hydrogen-bond donors (Lipinski definition) is 2. The Kier molecular flexibility index (Phi) is 5.17. The Hall–Kier alpha value is -1.12. The first-order valence-electron chi connectivity index (χ1n) is 7.33. The second-order valence-electron chi connectivity index (χ2n) is 5.41. The van der Waals surface area contributed by atoms with E-state index in [4.69, 9.17) is 5.11 Å². The third-order valence-corrected chi connectivity index (χ3v) is 4.04. The standard InChI is InChI=1S/C17H24O2/c18-14-8-2-1-7-13-17(19,15-9-3-4-10-15)16-11-5-6-12-16/h3-5,9-12,15,18-19H,1-2,6-8,13-14H2. The monoisotopic (exact) mass is 260 g/mol. The van der Waals surface area contributed by atoms with Crippen LogP contribution < -0.4 is 0 Å². The highest BCUT2D eigenvalue weighted by Gasteiger charge is 2.37. The average molecular weight is 260 g/mol. The molecule has 0 aromatic rings. The predicted octanol–water partition coefficient (Wildman–Crippen LogP) is 3.29. The van der Waals surface area contributed by atoms with Gasteiger partial charge in [-0.1, -0.05) is 61.8 Å². The van der Waals surface area contributed by atoms with E-state index in [1.807, 2.05) is 12.2 Å². The molecular weight excluding hydrogens is 236 g/mol. The number of allylic oxidation sites excluding steroid dienone is 4. The molecule has 2 aliphatic rings. The summed E-state index contributed by atoms with van der Waals surface area (Å²) in [4.78, 5) is 0. The number of aliphatic hydroxyl groups is 2. The molecule has 0 bridgehead atoms. The van der Waals surface area contributed by atoms with Gasteiger partial charge >= 0.3 is 0 Å². The molecule has 0 aromatic carbocycles. The van der Waals surface area contributed by atoms with E-state index in [1.165, 1.54) is 0 Å². The molecule has 1 atom stereocenters. The predicted molar refractivity (Wildman–Crippen MR) is 78.7 cm³/mol. The Bertz CT molecular complexity index is 391. The zero-order chi connectivity index (χ0) is 13.6. The fourth-order valence-corrected chi connectivity index (χ4v) is 2.89. The number of unbranched alkanes of at least 4 members (excludes halogenated alkanes) is 3. The van der Waals surface area contributed by atoms with Crippen molar-refractivity contribution in [1.29, 1.82) is 0 Å². The molecule has 2 nitrogen and oxygen atoms in total. The molecule has 0 spiro atoms. The highest BCUT2D eigenvalue weighted by molar-refractivity contribution is 5.39. The average Bonchev–Trinajstić information content (AvgIpc) is 3.11. The van der Waals surface area contributed by atoms with Gasteiger partial charge in [0.15, 0.2) is 0 Å². The third-order valence-electron chi connectivity index (χ3n) is 4.04. The molecule has 0 aromatic heterocycles. The van der Waals surface area contributed by atoms with Crippen molar-refractivity contribution in [2.24, 2.45) is 5.92 Å². The summed E-state index contributed by atoms with van der Waals surface area (Å²) < 4.78 is 0. The molecule has 0 aliphatic heterocycles. The van der Waals surface area contributed by atoms with Crippen molar-refractivity contribution in [3.05, 3.63) is 48.1 Å². The summed E-state index contributed by atoms with van der Waals surface area (Å²) in [5, 5.41) is 19.9. The smallest absolute Gasteiger partial charge is 0.0990 e. The molecule has 0 saturated heterocycles. The fraction of sp³-hybridized carbons (Fsp3) is 0.529. The molecule has 0 heterocycles. The quantitative estimate of drug-likeness (QED) is 0.657. The Morgan fingerprint density at radius 3 is 2.47 bits per heavy atom. The molecule has 0 radical (unpaired) electrons. The first-order valence-corrected chi connectivity index (χ1v) is 7.33. The van der Waals surface area contributed by atoms with Gasteiger partial charge in [-0.25, -0.2) is 0 Å². The summed E-state index contributed by atoms with van der Waals surface area (Å²) in [6.45, 7) is 0.270. The van der Waals surface area contributed by atoms with Crippen molar-refractivity contribution in [1.82, 2.24) is 0 Å². The van der Waals surface area contributed by atoms with Gasteiger partial charge in [0.05, 0.1) is 5.60 Å². The molecule has 19 heavy (non-hydrogen) atoms. The van der Waals surface area contributed by atoms with Crippen molar-refractivity contribution in [3.8, 4) is 0 Å². The summed E-state index contributed by atoms with van der Waals surface area (Å²) in [6.07, 6.45) is 20.2. The van der Waals surface area contributed by atoms with Crippen LogP contribution in [0.25, 0.3) is 0 Å². The van der Waals surface area contributed by atoms with Gasteiger partial charge in [-0.15, -0.1) is 0 Å². The summed E-state index contributed by atoms with van der Waals surface area (Å²) in [7, 11) is 0. The summed E-state index contributed by atoms with van der Waals surface area (Å²) >= 11 is 0. The van der Waals surface area contributed by atoms with E-state index >= 15 is 0 Å². The van der Waals surface area contributed by atoms with E-state index in [2.05, 4.69) is 30.4 Å². The maximum absolute atomic E-state index is 11.1. The van der Waals surface area contributed by atoms with E-state index in [0.29, 0.717) is 0 Å². The molecular formula is C17H24O2. The molecule has 2 aliphatic carbocycles. The van der Waals surface area contributed by atoms with Gasteiger partial charge in [-0.05, 0) is 24.8 Å². The second-order valence-corrected chi connectivity index (χ2v) is 5.41. The summed E-state index contributed by atoms with van der Waals surface area (Å²) in [5.74, 6) is 0.0966. The van der Waals surface area contributed by atoms with Crippen LogP contribution in [0.4, 0.5) is 0 Å². The van der Waals surface area contributed by atoms with Crippen molar-refractivity contribution in [2.75, 3.05) is 6.61 Å². The SMILES string of the molecule is OCCCCCCC(O)(C1=CCC=C1)C1C=CC=C1. The Labute approximate surface area is 115 Å². The number of hydrogen-bond acceptors (Lipinski definition) is 2. The highest BCUT2D eigenvalue weighted by Crippen LogP contribution is 2.38. The van der Waals surface area contributed by atoms with Gasteiger partial charge in [0.1, 0.15) is 0 Å². The van der Waals surface area contributed by atoms with Crippen LogP contribution in [0.1, 0.15) is 38.5 Å². The lowest BCUT2D eigenvalue weighted by molar-refractivity contribution is 0.0453. The zero-order valence-corrected chi connectivity index (χ0v) is 11.5. The highest BCUT2D eigenvalue weighted by atomic mass is 16.3. The zero-order valence-electron chi connectivity index (χ0n) is 11.5. The molecule has 1 unspecified atom stereocenters. The fourth-order valence-electron chi connectivity index (χ4n) is 2.89. The van der Waals surface area contributed by atoms with Crippen LogP contribution in [0.2, 0.25) is 0 Å². The maximum atomic E-state index is 11.1. The van der Waals surface area contributed by atoms with E-state index in [9.17, 15) is 5.11 Å². The summed E-state index contributed by atoms with van der Waals surface area (Å²) in [6, 6.07) is 0. The lowest BCUT2D eigenvalue weighted by Crippen LogP contribution is -2.37. The third kappa shape index (κ3) is 3.46. The normalized spacial score (nSPS) is 21.1. The van der Waals surface area contributed by atoms with Crippen LogP contribution >= 0.6 is 0 Å². The molecule has 0 saturated carbocycles. The maximum Gasteiger partial charge on any atom is 0.0990 e. The minimum atomic E-state index is -0.754. The van der Waals surface area contributed by atoms with Crippen LogP contribution in [0.15, 0.2) is 48.1 Å². The van der Waals surface area contributed by atoms with Crippen LogP contribution in [0.5, 0.6) is 0 Å². The Morgan fingerprint density at radius 1 is 1.11 bits per heavy atom. The Morgan fingerprint density at radius 2 is 1.84 bits per heavy atom. The molecule has 2 N–H and O–H groups in total. The molecule has 0 fully saturated rings. The largest absolute Gasteiger partial charge is 0.396 e.